The molecule has 0 saturated carbocycles. The Kier molecular flexibility index (Phi) is 11.1. The van der Waals surface area contributed by atoms with Crippen molar-refractivity contribution < 1.29 is 0 Å². The molecule has 1 N–H and O–H groups in total. The van der Waals surface area contributed by atoms with Crippen LogP contribution >= 0.6 is 0 Å². The highest BCUT2D eigenvalue weighted by molar-refractivity contribution is 6.30. The molecule has 1 aromatic heterocycles. The first-order valence-electron chi connectivity index (χ1n) is 22.9. The number of benzene rings is 11. The minimum atomic E-state index is 0.146. The average molecular weight is 871 g/mol. The summed E-state index contributed by atoms with van der Waals surface area (Å²) in [6.07, 6.45) is 0. The minimum Gasteiger partial charge on any atom is -0.309 e. The summed E-state index contributed by atoms with van der Waals surface area (Å²) in [7, 11) is 0. The third kappa shape index (κ3) is 7.84. The van der Waals surface area contributed by atoms with Gasteiger partial charge in [-0.3, -0.25) is 5.41 Å². The largest absolute Gasteiger partial charge is 0.309 e. The van der Waals surface area contributed by atoms with Crippen LogP contribution < -0.4 is 0 Å². The van der Waals surface area contributed by atoms with Crippen LogP contribution in [0.3, 0.4) is 0 Å². The van der Waals surface area contributed by atoms with E-state index in [0.717, 1.165) is 60.4 Å². The zero-order valence-electron chi connectivity index (χ0n) is 37.6. The first kappa shape index (κ1) is 41.7. The van der Waals surface area contributed by atoms with E-state index in [1.54, 1.807) is 0 Å². The number of hydrogen-bond donors (Lipinski definition) is 1. The molecule has 0 bridgehead atoms. The molecule has 0 amide bonds. The van der Waals surface area contributed by atoms with Crippen molar-refractivity contribution in [2.24, 2.45) is 9.98 Å². The van der Waals surface area contributed by atoms with Gasteiger partial charge in [0.2, 0.25) is 0 Å². The highest BCUT2D eigenvalue weighted by atomic mass is 15.0. The number of aromatic nitrogens is 1. The second kappa shape index (κ2) is 18.1. The Bertz CT molecular complexity index is 3850. The van der Waals surface area contributed by atoms with Gasteiger partial charge in [-0.05, 0) is 104 Å². The number of para-hydroxylation sites is 1. The molecular formula is C64H46N4. The van der Waals surface area contributed by atoms with Gasteiger partial charge in [0.1, 0.15) is 0 Å². The van der Waals surface area contributed by atoms with Gasteiger partial charge < -0.3 is 4.57 Å². The van der Waals surface area contributed by atoms with E-state index in [2.05, 4.69) is 217 Å². The van der Waals surface area contributed by atoms with Crippen molar-refractivity contribution in [2.75, 3.05) is 0 Å². The SMILES string of the molecule is C=NC(=NC(=N)c1cccc2c3ccccc3c3cc(-c4ccc5c6ccccc6n(-c6ccc(-c7ccccc7)cc6)c5c4)ccc3c12)c1ccccc1.Cc1ccc(-c2ccccc2)cc1. The Morgan fingerprint density at radius 3 is 1.51 bits per heavy atom. The summed E-state index contributed by atoms with van der Waals surface area (Å²) in [6.45, 7) is 5.87. The van der Waals surface area contributed by atoms with Crippen LogP contribution in [-0.4, -0.2) is 23.0 Å². The fourth-order valence-corrected chi connectivity index (χ4v) is 9.56. The molecule has 68 heavy (non-hydrogen) atoms. The van der Waals surface area contributed by atoms with Gasteiger partial charge in [-0.2, -0.15) is 0 Å². The van der Waals surface area contributed by atoms with Crippen LogP contribution in [0.2, 0.25) is 0 Å². The second-order valence-corrected chi connectivity index (χ2v) is 17.1. The standard InChI is InChI=1S/C51H34N4.C13H12/c1-53-51(35-15-6-3-7-16-35)54-50(52)45-21-12-20-43-39-17-8-9-18-40(39)46-31-36(26-30-44(46)49(43)45)37-25-29-42-41-19-10-11-22-47(41)55(48(42)32-37)38-27-23-34(24-28-38)33-13-4-2-5-14-33;1-11-7-9-13(10-8-11)12-5-3-2-4-6-12/h2-32,52H,1H2;2-10H,1H3. The zero-order chi connectivity index (χ0) is 46.0. The van der Waals surface area contributed by atoms with Crippen molar-refractivity contribution in [3.05, 3.63) is 259 Å². The number of rotatable bonds is 6. The van der Waals surface area contributed by atoms with Crippen molar-refractivity contribution >= 4 is 72.5 Å². The van der Waals surface area contributed by atoms with Crippen LogP contribution in [0.25, 0.3) is 93.2 Å². The Labute approximate surface area is 396 Å². The predicted molar refractivity (Wildman–Crippen MR) is 290 cm³/mol. The van der Waals surface area contributed by atoms with Gasteiger partial charge in [-0.15, -0.1) is 0 Å². The first-order chi connectivity index (χ1) is 33.5. The molecule has 0 aliphatic heterocycles. The molecule has 11 aromatic carbocycles. The van der Waals surface area contributed by atoms with E-state index >= 15 is 0 Å². The smallest absolute Gasteiger partial charge is 0.161 e. The van der Waals surface area contributed by atoms with E-state index in [9.17, 15) is 5.41 Å². The fourth-order valence-electron chi connectivity index (χ4n) is 9.56. The fraction of sp³-hybridized carbons (Fsp3) is 0.0156. The van der Waals surface area contributed by atoms with Gasteiger partial charge in [-0.25, -0.2) is 9.98 Å². The third-order valence-electron chi connectivity index (χ3n) is 12.9. The molecule has 0 spiro atoms. The highest BCUT2D eigenvalue weighted by Crippen LogP contribution is 2.41. The number of fused-ring (bicyclic) bond motifs is 9. The van der Waals surface area contributed by atoms with Crippen molar-refractivity contribution in [1.82, 2.24) is 4.57 Å². The number of aliphatic imine (C=N–C) groups is 2. The molecule has 0 fully saturated rings. The maximum atomic E-state index is 9.25. The number of hydrogen-bond acceptors (Lipinski definition) is 1. The molecule has 12 rings (SSSR count). The summed E-state index contributed by atoms with van der Waals surface area (Å²) in [5, 5.41) is 18.3. The molecule has 0 aliphatic rings. The van der Waals surface area contributed by atoms with Crippen LogP contribution in [0.4, 0.5) is 0 Å². The second-order valence-electron chi connectivity index (χ2n) is 17.1. The molecule has 0 aliphatic carbocycles. The summed E-state index contributed by atoms with van der Waals surface area (Å²) < 4.78 is 2.38. The number of aryl methyl sites for hydroxylation is 1. The lowest BCUT2D eigenvalue weighted by Crippen LogP contribution is -2.04. The van der Waals surface area contributed by atoms with E-state index < -0.39 is 0 Å². The average Bonchev–Trinajstić information content (AvgIpc) is 3.74. The molecular weight excluding hydrogens is 825 g/mol. The molecule has 4 heteroatoms. The number of nitrogens with zero attached hydrogens (tertiary/aromatic N) is 3. The van der Waals surface area contributed by atoms with Crippen LogP contribution in [0.15, 0.2) is 253 Å². The molecule has 4 nitrogen and oxygen atoms in total. The maximum absolute atomic E-state index is 9.25. The Balaban J connectivity index is 0.000000337. The lowest BCUT2D eigenvalue weighted by molar-refractivity contribution is 1.18. The van der Waals surface area contributed by atoms with Crippen molar-refractivity contribution in [3.63, 3.8) is 0 Å². The lowest BCUT2D eigenvalue weighted by Gasteiger charge is -2.15. The van der Waals surface area contributed by atoms with Gasteiger partial charge in [-0.1, -0.05) is 218 Å². The topological polar surface area (TPSA) is 53.5 Å². The molecule has 0 saturated heterocycles. The van der Waals surface area contributed by atoms with E-state index in [1.807, 2.05) is 48.5 Å². The molecule has 0 atom stereocenters. The molecule has 322 valence electrons. The molecule has 12 aromatic rings. The van der Waals surface area contributed by atoms with Crippen LogP contribution in [-0.2, 0) is 0 Å². The van der Waals surface area contributed by atoms with Crippen molar-refractivity contribution in [1.29, 1.82) is 5.41 Å². The summed E-state index contributed by atoms with van der Waals surface area (Å²) in [6, 6.07) is 85.1. The monoisotopic (exact) mass is 870 g/mol. The van der Waals surface area contributed by atoms with Crippen LogP contribution in [0.1, 0.15) is 16.7 Å². The number of amidine groups is 2. The van der Waals surface area contributed by atoms with E-state index in [1.165, 1.54) is 49.5 Å². The van der Waals surface area contributed by atoms with Gasteiger partial charge in [0.25, 0.3) is 0 Å². The maximum Gasteiger partial charge on any atom is 0.161 e. The summed E-state index contributed by atoms with van der Waals surface area (Å²) in [5.41, 5.74) is 13.6. The van der Waals surface area contributed by atoms with Crippen LogP contribution in [0, 0.1) is 12.3 Å². The number of nitrogens with one attached hydrogen (secondary N) is 1. The van der Waals surface area contributed by atoms with E-state index in [4.69, 9.17) is 4.99 Å². The van der Waals surface area contributed by atoms with Gasteiger partial charge >= 0.3 is 0 Å². The van der Waals surface area contributed by atoms with Gasteiger partial charge in [0.15, 0.2) is 11.7 Å². The summed E-state index contributed by atoms with van der Waals surface area (Å²) in [4.78, 5) is 8.90. The Morgan fingerprint density at radius 1 is 0.397 bits per heavy atom. The lowest BCUT2D eigenvalue weighted by atomic mass is 9.89. The molecule has 0 unspecified atom stereocenters. The first-order valence-corrected chi connectivity index (χ1v) is 22.9. The van der Waals surface area contributed by atoms with E-state index in [0.29, 0.717) is 5.84 Å². The third-order valence-corrected chi connectivity index (χ3v) is 12.9. The summed E-state index contributed by atoms with van der Waals surface area (Å²) in [5.74, 6) is 0.572. The van der Waals surface area contributed by atoms with Crippen LogP contribution in [0.5, 0.6) is 0 Å². The normalized spacial score (nSPS) is 11.5. The minimum absolute atomic E-state index is 0.146. The highest BCUT2D eigenvalue weighted by Gasteiger charge is 2.18. The van der Waals surface area contributed by atoms with Crippen molar-refractivity contribution in [2.45, 2.75) is 6.92 Å². The molecule has 1 heterocycles. The Hall–Kier alpha value is -8.99. The quantitative estimate of drug-likeness (QED) is 0.0983. The van der Waals surface area contributed by atoms with Gasteiger partial charge in [0.05, 0.1) is 11.0 Å². The zero-order valence-corrected chi connectivity index (χ0v) is 37.6. The molecule has 0 radical (unpaired) electrons. The van der Waals surface area contributed by atoms with Gasteiger partial charge in [0, 0.05) is 33.0 Å². The summed E-state index contributed by atoms with van der Waals surface area (Å²) >= 11 is 0. The van der Waals surface area contributed by atoms with Crippen molar-refractivity contribution in [3.8, 4) is 39.1 Å². The van der Waals surface area contributed by atoms with E-state index in [-0.39, 0.29) is 5.84 Å². The Morgan fingerprint density at radius 2 is 0.868 bits per heavy atom. The predicted octanol–water partition coefficient (Wildman–Crippen LogP) is 16.7.